The molecule has 0 radical (unpaired) electrons. The number of aromatic nitrogens is 3. The maximum Gasteiger partial charge on any atom is 0.249 e. The number of hydrogen-bond acceptors (Lipinski definition) is 5. The van der Waals surface area contributed by atoms with Crippen LogP contribution in [0.1, 0.15) is 17.2 Å². The molecule has 0 aliphatic heterocycles. The lowest BCUT2D eigenvalue weighted by atomic mass is 10.0. The highest BCUT2D eigenvalue weighted by atomic mass is 19.1. The van der Waals surface area contributed by atoms with E-state index in [1.807, 2.05) is 49.4 Å². The third kappa shape index (κ3) is 5.52. The molecule has 1 N–H and O–H groups in total. The predicted octanol–water partition coefficient (Wildman–Crippen LogP) is 3.42. The zero-order valence-electron chi connectivity index (χ0n) is 19.5. The highest BCUT2D eigenvalue weighted by Gasteiger charge is 2.33. The molecule has 0 spiro atoms. The summed E-state index contributed by atoms with van der Waals surface area (Å²) >= 11 is 0. The lowest BCUT2D eigenvalue weighted by Crippen LogP contribution is -2.46. The van der Waals surface area contributed by atoms with Crippen LogP contribution in [0.4, 0.5) is 10.1 Å². The van der Waals surface area contributed by atoms with Crippen LogP contribution in [0.25, 0.3) is 11.0 Å². The van der Waals surface area contributed by atoms with Gasteiger partial charge in [0.25, 0.3) is 0 Å². The summed E-state index contributed by atoms with van der Waals surface area (Å²) in [6.07, 6.45) is 0. The fourth-order valence-corrected chi connectivity index (χ4v) is 3.82. The van der Waals surface area contributed by atoms with Gasteiger partial charge >= 0.3 is 0 Å². The second-order valence-electron chi connectivity index (χ2n) is 8.07. The van der Waals surface area contributed by atoms with Gasteiger partial charge in [-0.25, -0.2) is 9.07 Å². The molecule has 180 valence electrons. The predicted molar refractivity (Wildman–Crippen MR) is 130 cm³/mol. The van der Waals surface area contributed by atoms with Crippen molar-refractivity contribution in [2.45, 2.75) is 19.5 Å². The zero-order valence-corrected chi connectivity index (χ0v) is 19.5. The van der Waals surface area contributed by atoms with Gasteiger partial charge in [0.15, 0.2) is 0 Å². The van der Waals surface area contributed by atoms with Gasteiger partial charge in [-0.3, -0.25) is 14.5 Å². The van der Waals surface area contributed by atoms with Crippen molar-refractivity contribution in [3.05, 3.63) is 89.7 Å². The molecule has 0 saturated heterocycles. The minimum Gasteiger partial charge on any atom is -0.383 e. The number of hydrogen-bond donors (Lipinski definition) is 1. The number of carbonyl (C=O) groups is 2. The summed E-state index contributed by atoms with van der Waals surface area (Å²) in [6.45, 7) is 2.38. The Morgan fingerprint density at radius 3 is 2.49 bits per heavy atom. The molecule has 0 aliphatic rings. The maximum absolute atomic E-state index is 13.8. The number of ether oxygens (including phenoxy) is 1. The van der Waals surface area contributed by atoms with Crippen molar-refractivity contribution >= 4 is 28.5 Å². The van der Waals surface area contributed by atoms with Gasteiger partial charge < -0.3 is 10.1 Å². The van der Waals surface area contributed by atoms with Gasteiger partial charge in [0.1, 0.15) is 23.9 Å². The number of amides is 2. The molecule has 4 aromatic rings. The molecule has 1 atom stereocenters. The molecule has 9 heteroatoms. The Morgan fingerprint density at radius 1 is 1.06 bits per heavy atom. The first-order chi connectivity index (χ1) is 17.0. The van der Waals surface area contributed by atoms with Gasteiger partial charge in [0.05, 0.1) is 12.1 Å². The summed E-state index contributed by atoms with van der Waals surface area (Å²) in [5.74, 6) is -1.23. The van der Waals surface area contributed by atoms with Crippen LogP contribution in [-0.2, 0) is 20.9 Å². The number of nitrogens with zero attached hydrogens (tertiary/aromatic N) is 4. The Balaban J connectivity index is 1.76. The zero-order chi connectivity index (χ0) is 24.8. The van der Waals surface area contributed by atoms with Crippen LogP contribution in [-0.4, -0.2) is 47.1 Å². The fraction of sp³-hybridized carbons (Fsp3) is 0.231. The lowest BCUT2D eigenvalue weighted by molar-refractivity contribution is -0.127. The normalized spacial score (nSPS) is 11.9. The summed E-state index contributed by atoms with van der Waals surface area (Å²) in [5, 5.41) is 11.1. The van der Waals surface area contributed by atoms with E-state index in [1.54, 1.807) is 13.2 Å². The van der Waals surface area contributed by atoms with Crippen molar-refractivity contribution < 1.29 is 18.7 Å². The van der Waals surface area contributed by atoms with Crippen LogP contribution in [0.5, 0.6) is 0 Å². The van der Waals surface area contributed by atoms with Crippen molar-refractivity contribution in [3.8, 4) is 0 Å². The van der Waals surface area contributed by atoms with Gasteiger partial charge in [-0.2, -0.15) is 0 Å². The summed E-state index contributed by atoms with van der Waals surface area (Å²) in [7, 11) is 1.54. The quantitative estimate of drug-likeness (QED) is 0.375. The van der Waals surface area contributed by atoms with Gasteiger partial charge in [-0.15, -0.1) is 5.10 Å². The van der Waals surface area contributed by atoms with E-state index in [2.05, 4.69) is 15.6 Å². The topological polar surface area (TPSA) is 89.4 Å². The Bertz CT molecular complexity index is 1300. The number of methoxy groups -OCH3 is 1. The van der Waals surface area contributed by atoms with Gasteiger partial charge in [0, 0.05) is 19.3 Å². The SMILES string of the molecule is COCCNC(=O)C(c1ccc(C)cc1)N(C(=O)Cn1nnc2ccccc21)c1ccc(F)cc1. The van der Waals surface area contributed by atoms with Crippen molar-refractivity contribution in [2.75, 3.05) is 25.2 Å². The minimum atomic E-state index is -1.000. The molecule has 4 rings (SSSR count). The van der Waals surface area contributed by atoms with E-state index in [-0.39, 0.29) is 19.0 Å². The van der Waals surface area contributed by atoms with Gasteiger partial charge in [-0.1, -0.05) is 47.2 Å². The standard InChI is InChI=1S/C26H26FN5O3/c1-18-7-9-19(10-8-18)25(26(34)28-15-16-35-2)32(21-13-11-20(27)12-14-21)24(33)17-31-23-6-4-3-5-22(23)29-30-31/h3-14,25H,15-17H2,1-2H3,(H,28,34). The summed E-state index contributed by atoms with van der Waals surface area (Å²) < 4.78 is 20.3. The third-order valence-corrected chi connectivity index (χ3v) is 5.58. The summed E-state index contributed by atoms with van der Waals surface area (Å²) in [4.78, 5) is 28.6. The number of fused-ring (bicyclic) bond motifs is 1. The largest absolute Gasteiger partial charge is 0.383 e. The number of nitrogens with one attached hydrogen (secondary N) is 1. The van der Waals surface area contributed by atoms with E-state index in [1.165, 1.54) is 33.8 Å². The van der Waals surface area contributed by atoms with E-state index >= 15 is 0 Å². The van der Waals surface area contributed by atoms with E-state index < -0.39 is 17.8 Å². The number of rotatable bonds is 9. The number of para-hydroxylation sites is 1. The molecule has 0 bridgehead atoms. The average Bonchev–Trinajstić information content (AvgIpc) is 3.27. The molecule has 8 nitrogen and oxygen atoms in total. The van der Waals surface area contributed by atoms with Crippen molar-refractivity contribution in [2.24, 2.45) is 0 Å². The highest BCUT2D eigenvalue weighted by molar-refractivity contribution is 6.01. The first-order valence-electron chi connectivity index (χ1n) is 11.2. The number of benzene rings is 3. The number of carbonyl (C=O) groups excluding carboxylic acids is 2. The molecule has 35 heavy (non-hydrogen) atoms. The van der Waals surface area contributed by atoms with Crippen molar-refractivity contribution in [1.82, 2.24) is 20.3 Å². The fourth-order valence-electron chi connectivity index (χ4n) is 3.82. The highest BCUT2D eigenvalue weighted by Crippen LogP contribution is 2.29. The maximum atomic E-state index is 13.8. The van der Waals surface area contributed by atoms with Gasteiger partial charge in [0.2, 0.25) is 11.8 Å². The molecule has 0 aliphatic carbocycles. The monoisotopic (exact) mass is 475 g/mol. The van der Waals surface area contributed by atoms with E-state index in [9.17, 15) is 14.0 Å². The Labute approximate surface area is 202 Å². The lowest BCUT2D eigenvalue weighted by Gasteiger charge is -2.31. The van der Waals surface area contributed by atoms with Crippen LogP contribution in [0.2, 0.25) is 0 Å². The summed E-state index contributed by atoms with van der Waals surface area (Å²) in [5.41, 5.74) is 3.36. The van der Waals surface area contributed by atoms with Crippen LogP contribution < -0.4 is 10.2 Å². The van der Waals surface area contributed by atoms with Crippen LogP contribution in [0.3, 0.4) is 0 Å². The first-order valence-corrected chi connectivity index (χ1v) is 11.2. The number of halogens is 1. The third-order valence-electron chi connectivity index (χ3n) is 5.58. The summed E-state index contributed by atoms with van der Waals surface area (Å²) in [6, 6.07) is 19.2. The molecule has 0 saturated carbocycles. The second-order valence-corrected chi connectivity index (χ2v) is 8.07. The molecule has 2 amide bonds. The van der Waals surface area contributed by atoms with Gasteiger partial charge in [-0.05, 0) is 48.9 Å². The Morgan fingerprint density at radius 2 is 1.77 bits per heavy atom. The first kappa shape index (κ1) is 24.0. The Kier molecular flexibility index (Phi) is 7.47. The molecular weight excluding hydrogens is 449 g/mol. The van der Waals surface area contributed by atoms with Crippen molar-refractivity contribution in [3.63, 3.8) is 0 Å². The number of aryl methyl sites for hydroxylation is 1. The smallest absolute Gasteiger partial charge is 0.249 e. The molecule has 3 aromatic carbocycles. The van der Waals surface area contributed by atoms with E-state index in [0.29, 0.717) is 28.9 Å². The molecular formula is C26H26FN5O3. The van der Waals surface area contributed by atoms with E-state index in [4.69, 9.17) is 4.74 Å². The Hall–Kier alpha value is -4.11. The number of anilines is 1. The molecule has 1 aromatic heterocycles. The van der Waals surface area contributed by atoms with Crippen LogP contribution >= 0.6 is 0 Å². The van der Waals surface area contributed by atoms with E-state index in [0.717, 1.165) is 5.56 Å². The second kappa shape index (κ2) is 10.9. The van der Waals surface area contributed by atoms with Crippen LogP contribution in [0.15, 0.2) is 72.8 Å². The average molecular weight is 476 g/mol. The minimum absolute atomic E-state index is 0.161. The van der Waals surface area contributed by atoms with Crippen molar-refractivity contribution in [1.29, 1.82) is 0 Å². The molecule has 0 fully saturated rings. The molecule has 1 unspecified atom stereocenters. The van der Waals surface area contributed by atoms with Crippen LogP contribution in [0, 0.1) is 12.7 Å². The molecule has 1 heterocycles.